The maximum atomic E-state index is 6.52. The average Bonchev–Trinajstić information content (AvgIpc) is 2.82. The molecule has 36 heavy (non-hydrogen) atoms. The molecule has 0 aliphatic heterocycles. The molecule has 0 saturated carbocycles. The topological polar surface area (TPSA) is 35.2 Å². The fraction of sp³-hybridized carbons (Fsp3) is 0.412. The maximum absolute atomic E-state index is 6.52. The second-order valence-corrected chi connectivity index (χ2v) is 9.31. The van der Waals surface area contributed by atoms with Crippen molar-refractivity contribution in [1.82, 2.24) is 0 Å². The smallest absolute Gasteiger partial charge is 0.136 e. The number of unbranched alkanes of at least 4 members (excludes halogenated alkanes) is 3. The maximum Gasteiger partial charge on any atom is 0.136 e. The number of allylic oxidation sites excluding steroid dienone is 9. The molecule has 2 heteroatoms. The van der Waals surface area contributed by atoms with E-state index in [0.717, 1.165) is 60.3 Å². The standard InChI is InChI=1S/C34H47NO/c1-8-11-13-16-30(22-23-35)19-18-29(7)33-21-20-31(17-14-12-9-2)26-34(33)36-32(24-27(4)5)25-28(6)15-10-3/h15-16,18-21,24-26H,7-13,22-23,35H2,1-6H3/b19-18-,28-15+,30-16+,32-25+. The molecule has 0 aliphatic rings. The van der Waals surface area contributed by atoms with Crippen molar-refractivity contribution in [2.45, 2.75) is 86.5 Å². The summed E-state index contributed by atoms with van der Waals surface area (Å²) >= 11 is 0. The van der Waals surface area contributed by atoms with Crippen LogP contribution in [0.25, 0.3) is 5.57 Å². The van der Waals surface area contributed by atoms with Gasteiger partial charge in [-0.05, 0) is 88.9 Å². The number of hydrogen-bond acceptors (Lipinski definition) is 2. The summed E-state index contributed by atoms with van der Waals surface area (Å²) in [4.78, 5) is 0. The predicted molar refractivity (Wildman–Crippen MR) is 160 cm³/mol. The molecule has 0 fully saturated rings. The van der Waals surface area contributed by atoms with Gasteiger partial charge in [0, 0.05) is 17.5 Å². The summed E-state index contributed by atoms with van der Waals surface area (Å²) in [5.74, 6) is 8.08. The van der Waals surface area contributed by atoms with E-state index >= 15 is 0 Å². The van der Waals surface area contributed by atoms with Gasteiger partial charge in [-0.2, -0.15) is 0 Å². The van der Waals surface area contributed by atoms with Gasteiger partial charge >= 0.3 is 0 Å². The Bertz CT molecular complexity index is 1050. The first kappa shape index (κ1) is 31.0. The fourth-order valence-corrected chi connectivity index (χ4v) is 3.57. The molecule has 2 nitrogen and oxygen atoms in total. The van der Waals surface area contributed by atoms with Gasteiger partial charge < -0.3 is 10.5 Å². The van der Waals surface area contributed by atoms with Crippen LogP contribution >= 0.6 is 0 Å². The SMILES string of the molecule is C=C(/C=C\C(=C/CCCC)CCN)c1ccc(C#CCCC)cc1O/C(C=C(C)C)=C/C(C)=C/CC. The second-order valence-electron chi connectivity index (χ2n) is 9.31. The highest BCUT2D eigenvalue weighted by atomic mass is 16.5. The van der Waals surface area contributed by atoms with Gasteiger partial charge in [0.15, 0.2) is 0 Å². The lowest BCUT2D eigenvalue weighted by molar-refractivity contribution is 0.442. The minimum atomic E-state index is 0.635. The molecule has 1 aromatic carbocycles. The Kier molecular flexibility index (Phi) is 15.7. The van der Waals surface area contributed by atoms with Gasteiger partial charge in [0.05, 0.1) is 0 Å². The van der Waals surface area contributed by atoms with Gasteiger partial charge in [0.25, 0.3) is 0 Å². The summed E-state index contributed by atoms with van der Waals surface area (Å²) in [6.07, 6.45) is 20.1. The average molecular weight is 486 g/mol. The summed E-state index contributed by atoms with van der Waals surface area (Å²) in [5.41, 5.74) is 12.2. The van der Waals surface area contributed by atoms with Crippen LogP contribution in [0, 0.1) is 11.8 Å². The molecule has 0 radical (unpaired) electrons. The molecule has 0 aliphatic carbocycles. The van der Waals surface area contributed by atoms with Crippen molar-refractivity contribution in [2.75, 3.05) is 6.54 Å². The quantitative estimate of drug-likeness (QED) is 0.123. The molecule has 0 unspecified atom stereocenters. The molecule has 0 aromatic heterocycles. The first-order chi connectivity index (χ1) is 17.3. The van der Waals surface area contributed by atoms with Crippen LogP contribution in [0.5, 0.6) is 5.75 Å². The van der Waals surface area contributed by atoms with Crippen LogP contribution in [-0.4, -0.2) is 6.54 Å². The number of nitrogens with two attached hydrogens (primary N) is 1. The summed E-state index contributed by atoms with van der Waals surface area (Å²) in [6, 6.07) is 6.14. The lowest BCUT2D eigenvalue weighted by atomic mass is 10.0. The molecule has 1 aromatic rings. The van der Waals surface area contributed by atoms with Crippen molar-refractivity contribution in [2.24, 2.45) is 5.73 Å². The van der Waals surface area contributed by atoms with Crippen molar-refractivity contribution in [1.29, 1.82) is 0 Å². The Morgan fingerprint density at radius 1 is 1.03 bits per heavy atom. The third-order valence-corrected chi connectivity index (χ3v) is 5.39. The van der Waals surface area contributed by atoms with E-state index in [2.05, 4.69) is 102 Å². The monoisotopic (exact) mass is 485 g/mol. The zero-order chi connectivity index (χ0) is 26.8. The Hall–Kier alpha value is -3.02. The Labute approximate surface area is 221 Å². The van der Waals surface area contributed by atoms with Crippen molar-refractivity contribution < 1.29 is 4.74 Å². The highest BCUT2D eigenvalue weighted by Crippen LogP contribution is 2.30. The normalized spacial score (nSPS) is 12.4. The van der Waals surface area contributed by atoms with E-state index in [9.17, 15) is 0 Å². The van der Waals surface area contributed by atoms with Gasteiger partial charge in [0.1, 0.15) is 11.5 Å². The molecule has 0 spiro atoms. The van der Waals surface area contributed by atoms with Crippen LogP contribution in [0.1, 0.15) is 97.6 Å². The second kappa shape index (κ2) is 18.3. The predicted octanol–water partition coefficient (Wildman–Crippen LogP) is 9.46. The van der Waals surface area contributed by atoms with E-state index in [-0.39, 0.29) is 0 Å². The van der Waals surface area contributed by atoms with Crippen LogP contribution in [0.15, 0.2) is 83.7 Å². The highest BCUT2D eigenvalue weighted by Gasteiger charge is 2.10. The first-order valence-corrected chi connectivity index (χ1v) is 13.4. The molecule has 1 rings (SSSR count). The molecule has 0 bridgehead atoms. The Balaban J connectivity index is 3.46. The molecule has 0 amide bonds. The summed E-state index contributed by atoms with van der Waals surface area (Å²) in [5, 5.41) is 0. The minimum absolute atomic E-state index is 0.635. The molecular weight excluding hydrogens is 438 g/mol. The number of ether oxygens (including phenoxy) is 1. The molecular formula is C34H47NO. The van der Waals surface area contributed by atoms with E-state index in [4.69, 9.17) is 10.5 Å². The number of hydrogen-bond donors (Lipinski definition) is 1. The molecule has 2 N–H and O–H groups in total. The lowest BCUT2D eigenvalue weighted by Gasteiger charge is -2.14. The third-order valence-electron chi connectivity index (χ3n) is 5.39. The van der Waals surface area contributed by atoms with E-state index in [1.54, 1.807) is 0 Å². The van der Waals surface area contributed by atoms with Crippen LogP contribution in [0.4, 0.5) is 0 Å². The van der Waals surface area contributed by atoms with Crippen LogP contribution in [-0.2, 0) is 0 Å². The lowest BCUT2D eigenvalue weighted by Crippen LogP contribution is -2.00. The Morgan fingerprint density at radius 2 is 1.81 bits per heavy atom. The van der Waals surface area contributed by atoms with Gasteiger partial charge in [0.2, 0.25) is 0 Å². The molecule has 0 heterocycles. The van der Waals surface area contributed by atoms with Crippen LogP contribution < -0.4 is 10.5 Å². The highest BCUT2D eigenvalue weighted by molar-refractivity contribution is 5.77. The van der Waals surface area contributed by atoms with Gasteiger partial charge in [-0.1, -0.05) is 93.1 Å². The number of rotatable bonds is 14. The molecule has 0 atom stereocenters. The van der Waals surface area contributed by atoms with E-state index in [1.807, 2.05) is 12.1 Å². The van der Waals surface area contributed by atoms with Crippen molar-refractivity contribution in [3.63, 3.8) is 0 Å². The summed E-state index contributed by atoms with van der Waals surface area (Å²) in [6.45, 7) is 17.8. The fourth-order valence-electron chi connectivity index (χ4n) is 3.57. The van der Waals surface area contributed by atoms with Crippen LogP contribution in [0.3, 0.4) is 0 Å². The van der Waals surface area contributed by atoms with E-state index in [1.165, 1.54) is 29.6 Å². The molecule has 194 valence electrons. The zero-order valence-corrected chi connectivity index (χ0v) is 23.5. The van der Waals surface area contributed by atoms with E-state index in [0.29, 0.717) is 6.54 Å². The van der Waals surface area contributed by atoms with Crippen LogP contribution in [0.2, 0.25) is 0 Å². The first-order valence-electron chi connectivity index (χ1n) is 13.4. The van der Waals surface area contributed by atoms with Gasteiger partial charge in [-0.15, -0.1) is 0 Å². The van der Waals surface area contributed by atoms with Crippen molar-refractivity contribution >= 4 is 5.57 Å². The van der Waals surface area contributed by atoms with Gasteiger partial charge in [-0.25, -0.2) is 0 Å². The van der Waals surface area contributed by atoms with Crippen molar-refractivity contribution in [3.8, 4) is 17.6 Å². The third kappa shape index (κ3) is 12.6. The summed E-state index contributed by atoms with van der Waals surface area (Å²) in [7, 11) is 0. The Morgan fingerprint density at radius 3 is 2.44 bits per heavy atom. The largest absolute Gasteiger partial charge is 0.457 e. The minimum Gasteiger partial charge on any atom is -0.457 e. The van der Waals surface area contributed by atoms with E-state index < -0.39 is 0 Å². The van der Waals surface area contributed by atoms with Gasteiger partial charge in [-0.3, -0.25) is 0 Å². The summed E-state index contributed by atoms with van der Waals surface area (Å²) < 4.78 is 6.52. The zero-order valence-electron chi connectivity index (χ0n) is 23.5. The number of benzene rings is 1. The van der Waals surface area contributed by atoms with Crippen molar-refractivity contribution in [3.05, 3.63) is 94.8 Å². The molecule has 0 saturated heterocycles.